The lowest BCUT2D eigenvalue weighted by atomic mass is 9.77. The van der Waals surface area contributed by atoms with Gasteiger partial charge in [-0.05, 0) is 30.9 Å². The van der Waals surface area contributed by atoms with Gasteiger partial charge in [0.15, 0.2) is 0 Å². The molecule has 5 atom stereocenters. The van der Waals surface area contributed by atoms with Crippen molar-refractivity contribution in [3.05, 3.63) is 22.8 Å². The summed E-state index contributed by atoms with van der Waals surface area (Å²) in [5.74, 6) is -0.0481. The number of carbonyl (C=O) groups is 2. The number of methoxy groups -OCH3 is 1. The summed E-state index contributed by atoms with van der Waals surface area (Å²) in [4.78, 5) is 27.8. The van der Waals surface area contributed by atoms with Crippen LogP contribution in [0.25, 0.3) is 0 Å². The standard InChI is InChI=1S/C20H29ClN4O5S/c1-30-19(29)24-7-6-20(10-24)11-25(15-4-2-12(21)8-14(15)20)18(28)23-17-22-13(9-31-17)3-5-16(26)27/h2,8,13,15,17,19,22,29H,3-7,9-11H2,1H3,(H,23,28)(H,26,27)/t13?,15?,17?,19?,20-/m1/s1. The summed E-state index contributed by atoms with van der Waals surface area (Å²) in [5.41, 5.74) is 0.650. The third-order valence-electron chi connectivity index (χ3n) is 6.63. The Labute approximate surface area is 190 Å². The molecule has 0 aromatic rings. The second-order valence-electron chi connectivity index (χ2n) is 8.59. The molecule has 31 heavy (non-hydrogen) atoms. The number of nitrogens with one attached hydrogen (secondary N) is 2. The van der Waals surface area contributed by atoms with Crippen molar-refractivity contribution >= 4 is 35.4 Å². The molecule has 11 heteroatoms. The summed E-state index contributed by atoms with van der Waals surface area (Å²) < 4.78 is 5.09. The van der Waals surface area contributed by atoms with Gasteiger partial charge >= 0.3 is 12.0 Å². The monoisotopic (exact) mass is 472 g/mol. The second kappa shape index (κ2) is 9.29. The van der Waals surface area contributed by atoms with Gasteiger partial charge in [-0.25, -0.2) is 4.79 Å². The van der Waals surface area contributed by atoms with E-state index < -0.39 is 12.4 Å². The minimum Gasteiger partial charge on any atom is -0.481 e. The number of halogens is 1. The van der Waals surface area contributed by atoms with Gasteiger partial charge in [0.25, 0.3) is 0 Å². The molecule has 0 bridgehead atoms. The molecular formula is C20H29ClN4O5S. The number of nitrogens with zero attached hydrogens (tertiary/aromatic N) is 2. The van der Waals surface area contributed by atoms with Gasteiger partial charge in [-0.3, -0.25) is 15.0 Å². The molecule has 3 aliphatic heterocycles. The Bertz CT molecular complexity index is 796. The van der Waals surface area contributed by atoms with E-state index in [0.29, 0.717) is 37.5 Å². The molecule has 3 fully saturated rings. The summed E-state index contributed by atoms with van der Waals surface area (Å²) in [6, 6.07) is -0.132. The molecule has 9 nitrogen and oxygen atoms in total. The lowest BCUT2D eigenvalue weighted by Crippen LogP contribution is -2.50. The average Bonchev–Trinajstić information content (AvgIpc) is 3.45. The minimum atomic E-state index is -0.960. The zero-order valence-corrected chi connectivity index (χ0v) is 19.0. The first-order valence-corrected chi connectivity index (χ1v) is 11.9. The van der Waals surface area contributed by atoms with Crippen LogP contribution >= 0.6 is 23.4 Å². The van der Waals surface area contributed by atoms with Gasteiger partial charge in [0.2, 0.25) is 6.41 Å². The van der Waals surface area contributed by atoms with Crippen molar-refractivity contribution in [2.24, 2.45) is 5.41 Å². The zero-order chi connectivity index (χ0) is 22.2. The van der Waals surface area contributed by atoms with E-state index in [9.17, 15) is 14.7 Å². The maximum absolute atomic E-state index is 13.2. The Hall–Kier alpha value is -1.30. The number of allylic oxidation sites excluding steroid dienone is 2. The zero-order valence-electron chi connectivity index (χ0n) is 17.4. The lowest BCUT2D eigenvalue weighted by Gasteiger charge is -2.28. The first-order valence-electron chi connectivity index (χ1n) is 10.5. The van der Waals surface area contributed by atoms with E-state index in [4.69, 9.17) is 21.4 Å². The Morgan fingerprint density at radius 2 is 2.29 bits per heavy atom. The number of amides is 2. The van der Waals surface area contributed by atoms with Gasteiger partial charge in [-0.1, -0.05) is 17.7 Å². The number of likely N-dealkylation sites (tertiary alicyclic amines) is 2. The van der Waals surface area contributed by atoms with Crippen molar-refractivity contribution in [3.8, 4) is 0 Å². The van der Waals surface area contributed by atoms with Gasteiger partial charge in [0, 0.05) is 55.4 Å². The maximum atomic E-state index is 13.2. The maximum Gasteiger partial charge on any atom is 0.319 e. The van der Waals surface area contributed by atoms with Crippen molar-refractivity contribution in [2.45, 2.75) is 49.7 Å². The first kappa shape index (κ1) is 22.9. The molecule has 3 heterocycles. The summed E-state index contributed by atoms with van der Waals surface area (Å²) in [6.07, 6.45) is 5.10. The quantitative estimate of drug-likeness (QED) is 0.428. The van der Waals surface area contributed by atoms with E-state index in [1.807, 2.05) is 22.0 Å². The number of ether oxygens (including phenoxy) is 1. The predicted molar refractivity (Wildman–Crippen MR) is 117 cm³/mol. The number of aliphatic hydroxyl groups excluding tert-OH is 1. The van der Waals surface area contributed by atoms with E-state index in [1.54, 1.807) is 11.8 Å². The van der Waals surface area contributed by atoms with Crippen molar-refractivity contribution < 1.29 is 24.5 Å². The van der Waals surface area contributed by atoms with Crippen LogP contribution in [0, 0.1) is 5.41 Å². The number of aliphatic carboxylic acids is 1. The number of aliphatic hydroxyl groups is 1. The fourth-order valence-corrected chi connectivity index (χ4v) is 6.44. The second-order valence-corrected chi connectivity index (χ2v) is 10.2. The summed E-state index contributed by atoms with van der Waals surface area (Å²) >= 11 is 7.91. The van der Waals surface area contributed by atoms with Gasteiger partial charge in [0.05, 0.1) is 6.04 Å². The van der Waals surface area contributed by atoms with E-state index >= 15 is 0 Å². The van der Waals surface area contributed by atoms with Gasteiger partial charge < -0.3 is 25.2 Å². The highest BCUT2D eigenvalue weighted by molar-refractivity contribution is 8.00. The third kappa shape index (κ3) is 4.74. The number of hydrogen-bond donors (Lipinski definition) is 4. The van der Waals surface area contributed by atoms with Crippen LogP contribution in [-0.2, 0) is 9.53 Å². The number of rotatable bonds is 6. The Kier molecular flexibility index (Phi) is 6.85. The number of thioether (sulfide) groups is 1. The molecule has 0 saturated carbocycles. The van der Waals surface area contributed by atoms with Crippen LogP contribution in [0.5, 0.6) is 0 Å². The molecule has 2 amide bonds. The van der Waals surface area contributed by atoms with Crippen LogP contribution in [0.4, 0.5) is 4.79 Å². The third-order valence-corrected chi connectivity index (χ3v) is 8.08. The average molecular weight is 473 g/mol. The Balaban J connectivity index is 1.43. The number of fused-ring (bicyclic) bond motifs is 2. The molecule has 4 rings (SSSR count). The molecule has 0 radical (unpaired) electrons. The van der Waals surface area contributed by atoms with Crippen LogP contribution in [0.1, 0.15) is 25.7 Å². The van der Waals surface area contributed by atoms with Crippen molar-refractivity contribution in [1.82, 2.24) is 20.4 Å². The smallest absolute Gasteiger partial charge is 0.319 e. The highest BCUT2D eigenvalue weighted by atomic mass is 35.5. The molecule has 4 unspecified atom stereocenters. The Morgan fingerprint density at radius 3 is 3.03 bits per heavy atom. The Morgan fingerprint density at radius 1 is 1.48 bits per heavy atom. The molecular weight excluding hydrogens is 444 g/mol. The fraction of sp³-hybridized carbons (Fsp3) is 0.700. The molecule has 4 aliphatic rings. The number of hydrogen-bond acceptors (Lipinski definition) is 7. The number of carboxylic acids is 1. The van der Waals surface area contributed by atoms with E-state index in [2.05, 4.69) is 10.6 Å². The summed E-state index contributed by atoms with van der Waals surface area (Å²) in [5, 5.41) is 26.0. The predicted octanol–water partition coefficient (Wildman–Crippen LogP) is 1.30. The van der Waals surface area contributed by atoms with Gasteiger partial charge in [-0.15, -0.1) is 11.8 Å². The number of urea groups is 1. The first-order chi connectivity index (χ1) is 14.8. The van der Waals surface area contributed by atoms with Gasteiger partial charge in [0.1, 0.15) is 5.50 Å². The van der Waals surface area contributed by atoms with E-state index in [-0.39, 0.29) is 35.4 Å². The highest BCUT2D eigenvalue weighted by Crippen LogP contribution is 2.50. The SMILES string of the molecule is COC(O)N1CC[C@@]2(C1)CN(C(=O)NC1NC(CCC(=O)O)CS1)C1CC=C(Cl)C=C12. The molecule has 172 valence electrons. The number of carboxylic acid groups (broad SMARTS) is 1. The summed E-state index contributed by atoms with van der Waals surface area (Å²) in [6.45, 7) is 1.84. The number of carbonyl (C=O) groups excluding carboxylic acids is 1. The van der Waals surface area contributed by atoms with Crippen LogP contribution in [0.15, 0.2) is 22.8 Å². The normalized spacial score (nSPS) is 33.9. The van der Waals surface area contributed by atoms with E-state index in [1.165, 1.54) is 7.11 Å². The van der Waals surface area contributed by atoms with Crippen molar-refractivity contribution in [1.29, 1.82) is 0 Å². The molecule has 0 aromatic carbocycles. The molecule has 1 aliphatic carbocycles. The van der Waals surface area contributed by atoms with Crippen LogP contribution in [0.3, 0.4) is 0 Å². The largest absolute Gasteiger partial charge is 0.481 e. The van der Waals surface area contributed by atoms with Crippen LogP contribution < -0.4 is 10.6 Å². The topological polar surface area (TPSA) is 114 Å². The van der Waals surface area contributed by atoms with Crippen LogP contribution in [0.2, 0.25) is 0 Å². The van der Waals surface area contributed by atoms with Gasteiger partial charge in [-0.2, -0.15) is 0 Å². The summed E-state index contributed by atoms with van der Waals surface area (Å²) in [7, 11) is 1.47. The molecule has 0 aromatic heterocycles. The van der Waals surface area contributed by atoms with E-state index in [0.717, 1.165) is 17.7 Å². The highest BCUT2D eigenvalue weighted by Gasteiger charge is 2.54. The minimum absolute atomic E-state index is 0.0589. The molecule has 1 spiro atoms. The lowest BCUT2D eigenvalue weighted by molar-refractivity contribution is -0.171. The van der Waals surface area contributed by atoms with Crippen LogP contribution in [-0.4, -0.2) is 88.5 Å². The molecule has 3 saturated heterocycles. The van der Waals surface area contributed by atoms with Crippen molar-refractivity contribution in [3.63, 3.8) is 0 Å². The fourth-order valence-electron chi connectivity index (χ4n) is 5.07. The molecule has 4 N–H and O–H groups in total. The van der Waals surface area contributed by atoms with Crippen molar-refractivity contribution in [2.75, 3.05) is 32.5 Å².